The predicted octanol–water partition coefficient (Wildman–Crippen LogP) is 1.01. The first-order chi connectivity index (χ1) is 9.69. The molecule has 0 saturated carbocycles. The van der Waals surface area contributed by atoms with E-state index in [1.54, 1.807) is 19.2 Å². The minimum atomic E-state index is -0.267. The topological polar surface area (TPSA) is 82.8 Å². The predicted molar refractivity (Wildman–Crippen MR) is 76.9 cm³/mol. The highest BCUT2D eigenvalue weighted by molar-refractivity contribution is 5.91. The van der Waals surface area contributed by atoms with Crippen molar-refractivity contribution in [2.24, 2.45) is 5.73 Å². The van der Waals surface area contributed by atoms with Crippen LogP contribution in [0.3, 0.4) is 0 Å². The van der Waals surface area contributed by atoms with Crippen molar-refractivity contribution < 1.29 is 19.0 Å². The molecule has 0 radical (unpaired) electrons. The number of methoxy groups -OCH3 is 2. The number of rotatable bonds is 9. The first-order valence-electron chi connectivity index (χ1n) is 6.44. The zero-order chi connectivity index (χ0) is 14.8. The van der Waals surface area contributed by atoms with E-state index in [0.717, 1.165) is 0 Å². The van der Waals surface area contributed by atoms with Crippen LogP contribution >= 0.6 is 0 Å². The van der Waals surface area contributed by atoms with Gasteiger partial charge in [0, 0.05) is 32.5 Å². The fourth-order valence-electron chi connectivity index (χ4n) is 1.59. The van der Waals surface area contributed by atoms with Crippen LogP contribution in [0.1, 0.15) is 6.42 Å². The molecule has 1 amide bonds. The summed E-state index contributed by atoms with van der Waals surface area (Å²) in [6.07, 6.45) is -0.0435. The van der Waals surface area contributed by atoms with E-state index in [4.69, 9.17) is 19.9 Å². The molecule has 0 heterocycles. The molecule has 0 fully saturated rings. The molecule has 1 rings (SSSR count). The van der Waals surface area contributed by atoms with Crippen molar-refractivity contribution in [1.29, 1.82) is 0 Å². The van der Waals surface area contributed by atoms with Gasteiger partial charge in [0.05, 0.1) is 19.1 Å². The molecule has 0 spiro atoms. The minimum absolute atomic E-state index is 0.142. The van der Waals surface area contributed by atoms with E-state index >= 15 is 0 Å². The lowest BCUT2D eigenvalue weighted by Crippen LogP contribution is -2.28. The van der Waals surface area contributed by atoms with Crippen molar-refractivity contribution in [2.75, 3.05) is 39.3 Å². The van der Waals surface area contributed by atoms with Crippen molar-refractivity contribution >= 4 is 11.6 Å². The Kier molecular flexibility index (Phi) is 7.64. The highest BCUT2D eigenvalue weighted by atomic mass is 16.5. The molecule has 3 N–H and O–H groups in total. The lowest BCUT2D eigenvalue weighted by atomic mass is 10.2. The smallest absolute Gasteiger partial charge is 0.227 e. The highest BCUT2D eigenvalue weighted by Gasteiger charge is 2.11. The van der Waals surface area contributed by atoms with Crippen molar-refractivity contribution in [3.05, 3.63) is 24.3 Å². The summed E-state index contributed by atoms with van der Waals surface area (Å²) in [5.41, 5.74) is 6.16. The SMILES string of the molecule is COCCOc1cccc(NC(=O)CC(CN)OC)c1. The van der Waals surface area contributed by atoms with Crippen LogP contribution in [0.15, 0.2) is 24.3 Å². The van der Waals surface area contributed by atoms with Crippen molar-refractivity contribution in [3.8, 4) is 5.75 Å². The van der Waals surface area contributed by atoms with Gasteiger partial charge in [0.2, 0.25) is 5.91 Å². The standard InChI is InChI=1S/C14H22N2O4/c1-18-6-7-20-12-5-3-4-11(8-12)16-14(17)9-13(10-15)19-2/h3-5,8,13H,6-7,9-10,15H2,1-2H3,(H,16,17). The van der Waals surface area contributed by atoms with Gasteiger partial charge in [-0.2, -0.15) is 0 Å². The Bertz CT molecular complexity index is 408. The van der Waals surface area contributed by atoms with E-state index < -0.39 is 0 Å². The van der Waals surface area contributed by atoms with Gasteiger partial charge in [-0.15, -0.1) is 0 Å². The summed E-state index contributed by atoms with van der Waals surface area (Å²) < 4.78 is 15.5. The number of nitrogens with two attached hydrogens (primary N) is 1. The third kappa shape index (κ3) is 6.01. The van der Waals surface area contributed by atoms with Crippen molar-refractivity contribution in [3.63, 3.8) is 0 Å². The van der Waals surface area contributed by atoms with E-state index in [1.165, 1.54) is 7.11 Å². The zero-order valence-corrected chi connectivity index (χ0v) is 11.9. The van der Waals surface area contributed by atoms with Gasteiger partial charge >= 0.3 is 0 Å². The van der Waals surface area contributed by atoms with Crippen LogP contribution in [-0.4, -0.2) is 46.0 Å². The minimum Gasteiger partial charge on any atom is -0.491 e. The average Bonchev–Trinajstić information content (AvgIpc) is 2.45. The zero-order valence-electron chi connectivity index (χ0n) is 11.9. The lowest BCUT2D eigenvalue weighted by molar-refractivity contribution is -0.118. The molecule has 112 valence electrons. The van der Waals surface area contributed by atoms with Gasteiger partial charge in [-0.05, 0) is 12.1 Å². The van der Waals surface area contributed by atoms with Crippen molar-refractivity contribution in [1.82, 2.24) is 0 Å². The summed E-state index contributed by atoms with van der Waals surface area (Å²) >= 11 is 0. The van der Waals surface area contributed by atoms with Crippen LogP contribution in [0.25, 0.3) is 0 Å². The monoisotopic (exact) mass is 282 g/mol. The summed E-state index contributed by atoms with van der Waals surface area (Å²) in [6, 6.07) is 7.20. The second-order valence-electron chi connectivity index (χ2n) is 4.21. The molecular formula is C14H22N2O4. The summed E-state index contributed by atoms with van der Waals surface area (Å²) in [5, 5.41) is 2.79. The van der Waals surface area contributed by atoms with Gasteiger partial charge in [-0.3, -0.25) is 4.79 Å². The molecular weight excluding hydrogens is 260 g/mol. The fourth-order valence-corrected chi connectivity index (χ4v) is 1.59. The van der Waals surface area contributed by atoms with Crippen LogP contribution in [0.5, 0.6) is 5.75 Å². The van der Waals surface area contributed by atoms with E-state index in [0.29, 0.717) is 31.2 Å². The summed E-state index contributed by atoms with van der Waals surface area (Å²) in [4.78, 5) is 11.8. The average molecular weight is 282 g/mol. The largest absolute Gasteiger partial charge is 0.491 e. The number of nitrogens with one attached hydrogen (secondary N) is 1. The van der Waals surface area contributed by atoms with Gasteiger partial charge < -0.3 is 25.3 Å². The molecule has 0 aliphatic heterocycles. The first-order valence-corrected chi connectivity index (χ1v) is 6.44. The Hall–Kier alpha value is -1.63. The molecule has 1 aromatic rings. The molecule has 0 saturated heterocycles. The summed E-state index contributed by atoms with van der Waals surface area (Å²) in [5.74, 6) is 0.540. The maximum atomic E-state index is 11.8. The maximum Gasteiger partial charge on any atom is 0.227 e. The molecule has 0 bridgehead atoms. The van der Waals surface area contributed by atoms with Gasteiger partial charge in [-0.1, -0.05) is 6.07 Å². The van der Waals surface area contributed by atoms with Crippen LogP contribution in [0.4, 0.5) is 5.69 Å². The van der Waals surface area contributed by atoms with Gasteiger partial charge in [0.15, 0.2) is 0 Å². The first kappa shape index (κ1) is 16.4. The lowest BCUT2D eigenvalue weighted by Gasteiger charge is -2.13. The molecule has 6 nitrogen and oxygen atoms in total. The normalized spacial score (nSPS) is 11.9. The molecule has 1 unspecified atom stereocenters. The number of carbonyl (C=O) groups is 1. The number of hydrogen-bond donors (Lipinski definition) is 2. The Balaban J connectivity index is 2.50. The number of anilines is 1. The fraction of sp³-hybridized carbons (Fsp3) is 0.500. The Morgan fingerprint density at radius 2 is 2.15 bits per heavy atom. The molecule has 20 heavy (non-hydrogen) atoms. The van der Waals surface area contributed by atoms with Crippen LogP contribution < -0.4 is 15.8 Å². The number of hydrogen-bond acceptors (Lipinski definition) is 5. The van der Waals surface area contributed by atoms with Crippen LogP contribution in [-0.2, 0) is 14.3 Å². The molecule has 0 aliphatic carbocycles. The molecule has 6 heteroatoms. The third-order valence-corrected chi connectivity index (χ3v) is 2.68. The van der Waals surface area contributed by atoms with Crippen LogP contribution in [0, 0.1) is 0 Å². The second kappa shape index (κ2) is 9.30. The Morgan fingerprint density at radius 1 is 1.35 bits per heavy atom. The number of ether oxygens (including phenoxy) is 3. The molecule has 1 aromatic carbocycles. The van der Waals surface area contributed by atoms with E-state index in [-0.39, 0.29) is 18.4 Å². The van der Waals surface area contributed by atoms with Crippen molar-refractivity contribution in [2.45, 2.75) is 12.5 Å². The Labute approximate surface area is 119 Å². The molecule has 0 aliphatic rings. The highest BCUT2D eigenvalue weighted by Crippen LogP contribution is 2.17. The van der Waals surface area contributed by atoms with Gasteiger partial charge in [0.25, 0.3) is 0 Å². The maximum absolute atomic E-state index is 11.8. The third-order valence-electron chi connectivity index (χ3n) is 2.68. The van der Waals surface area contributed by atoms with E-state index in [2.05, 4.69) is 5.32 Å². The number of benzene rings is 1. The van der Waals surface area contributed by atoms with Crippen LogP contribution in [0.2, 0.25) is 0 Å². The number of amides is 1. The van der Waals surface area contributed by atoms with Gasteiger partial charge in [-0.25, -0.2) is 0 Å². The second-order valence-corrected chi connectivity index (χ2v) is 4.21. The summed E-state index contributed by atoms with van der Waals surface area (Å²) in [6.45, 7) is 1.29. The summed E-state index contributed by atoms with van der Waals surface area (Å²) in [7, 11) is 3.15. The molecule has 1 atom stereocenters. The quantitative estimate of drug-likeness (QED) is 0.661. The van der Waals surface area contributed by atoms with E-state index in [1.807, 2.05) is 12.1 Å². The van der Waals surface area contributed by atoms with E-state index in [9.17, 15) is 4.79 Å². The number of carbonyl (C=O) groups excluding carboxylic acids is 1. The van der Waals surface area contributed by atoms with Gasteiger partial charge in [0.1, 0.15) is 12.4 Å². The Morgan fingerprint density at radius 3 is 2.80 bits per heavy atom. The molecule has 0 aromatic heterocycles.